The second-order valence-electron chi connectivity index (χ2n) is 5.11. The number of fused-ring (bicyclic) bond motifs is 3. The van der Waals surface area contributed by atoms with Gasteiger partial charge in [-0.3, -0.25) is 0 Å². The molecule has 1 aromatic heterocycles. The predicted molar refractivity (Wildman–Crippen MR) is 72.7 cm³/mol. The topological polar surface area (TPSA) is 56.2 Å². The molecule has 3 heteroatoms. The van der Waals surface area contributed by atoms with Gasteiger partial charge in [-0.05, 0) is 26.0 Å². The van der Waals surface area contributed by atoms with Crippen molar-refractivity contribution in [3.63, 3.8) is 0 Å². The molecule has 0 saturated carbocycles. The minimum absolute atomic E-state index is 0.256. The Morgan fingerprint density at radius 2 is 1.78 bits per heavy atom. The van der Waals surface area contributed by atoms with Crippen molar-refractivity contribution in [2.75, 3.05) is 0 Å². The van der Waals surface area contributed by atoms with Gasteiger partial charge >= 0.3 is 0 Å². The monoisotopic (exact) mass is 241 g/mol. The SMILES string of the molecule is CC(C)(O)c1cccc2c1[nH]c1cccc(O)c12. The molecule has 3 aromatic rings. The average Bonchev–Trinajstić information content (AvgIpc) is 2.66. The molecule has 1 heterocycles. The second kappa shape index (κ2) is 3.50. The molecule has 0 fully saturated rings. The number of aliphatic hydroxyl groups is 1. The van der Waals surface area contributed by atoms with Crippen molar-refractivity contribution < 1.29 is 10.2 Å². The molecular formula is C15H15NO2. The van der Waals surface area contributed by atoms with Crippen LogP contribution in [0.1, 0.15) is 19.4 Å². The van der Waals surface area contributed by atoms with E-state index in [1.807, 2.05) is 24.3 Å². The molecule has 0 amide bonds. The average molecular weight is 241 g/mol. The number of phenolic OH excluding ortho intramolecular Hbond substituents is 1. The van der Waals surface area contributed by atoms with E-state index in [2.05, 4.69) is 4.98 Å². The van der Waals surface area contributed by atoms with Crippen LogP contribution in [-0.2, 0) is 5.60 Å². The summed E-state index contributed by atoms with van der Waals surface area (Å²) in [7, 11) is 0. The summed E-state index contributed by atoms with van der Waals surface area (Å²) in [4.78, 5) is 3.27. The van der Waals surface area contributed by atoms with Crippen LogP contribution in [0.5, 0.6) is 5.75 Å². The zero-order chi connectivity index (χ0) is 12.9. The number of rotatable bonds is 1. The molecule has 0 radical (unpaired) electrons. The molecule has 0 spiro atoms. The smallest absolute Gasteiger partial charge is 0.125 e. The number of aromatic hydroxyl groups is 1. The Bertz CT molecular complexity index is 735. The number of hydrogen-bond acceptors (Lipinski definition) is 2. The Hall–Kier alpha value is -2.00. The molecular weight excluding hydrogens is 226 g/mol. The highest BCUT2D eigenvalue weighted by molar-refractivity contribution is 6.11. The molecule has 0 unspecified atom stereocenters. The Morgan fingerprint density at radius 1 is 1.06 bits per heavy atom. The molecule has 0 atom stereocenters. The van der Waals surface area contributed by atoms with Crippen LogP contribution < -0.4 is 0 Å². The number of H-pyrrole nitrogens is 1. The maximum absolute atomic E-state index is 10.2. The first-order valence-electron chi connectivity index (χ1n) is 5.94. The van der Waals surface area contributed by atoms with Crippen LogP contribution in [0.15, 0.2) is 36.4 Å². The van der Waals surface area contributed by atoms with E-state index in [-0.39, 0.29) is 5.75 Å². The summed E-state index contributed by atoms with van der Waals surface area (Å²) in [6.07, 6.45) is 0. The fourth-order valence-corrected chi connectivity index (χ4v) is 2.47. The van der Waals surface area contributed by atoms with Gasteiger partial charge in [0, 0.05) is 16.3 Å². The molecule has 2 aromatic carbocycles. The molecule has 0 saturated heterocycles. The fraction of sp³-hybridized carbons (Fsp3) is 0.200. The lowest BCUT2D eigenvalue weighted by molar-refractivity contribution is 0.0800. The lowest BCUT2D eigenvalue weighted by Crippen LogP contribution is -2.15. The number of aromatic amines is 1. The predicted octanol–water partition coefficient (Wildman–Crippen LogP) is 3.25. The molecule has 0 aliphatic rings. The van der Waals surface area contributed by atoms with Crippen molar-refractivity contribution in [3.8, 4) is 5.75 Å². The molecule has 0 bridgehead atoms. The number of hydrogen-bond donors (Lipinski definition) is 3. The zero-order valence-corrected chi connectivity index (χ0v) is 10.4. The zero-order valence-electron chi connectivity index (χ0n) is 10.4. The Balaban J connectivity index is 2.51. The van der Waals surface area contributed by atoms with Gasteiger partial charge in [0.1, 0.15) is 5.75 Å². The van der Waals surface area contributed by atoms with E-state index in [1.54, 1.807) is 26.0 Å². The van der Waals surface area contributed by atoms with Crippen LogP contribution >= 0.6 is 0 Å². The van der Waals surface area contributed by atoms with E-state index in [4.69, 9.17) is 0 Å². The van der Waals surface area contributed by atoms with Crippen molar-refractivity contribution in [2.45, 2.75) is 19.4 Å². The highest BCUT2D eigenvalue weighted by Gasteiger charge is 2.21. The number of aromatic nitrogens is 1. The fourth-order valence-electron chi connectivity index (χ4n) is 2.47. The van der Waals surface area contributed by atoms with Crippen molar-refractivity contribution in [2.24, 2.45) is 0 Å². The third-order valence-electron chi connectivity index (χ3n) is 3.30. The number of para-hydroxylation sites is 1. The largest absolute Gasteiger partial charge is 0.507 e. The van der Waals surface area contributed by atoms with Gasteiger partial charge in [-0.1, -0.05) is 24.3 Å². The van der Waals surface area contributed by atoms with E-state index in [0.717, 1.165) is 27.4 Å². The lowest BCUT2D eigenvalue weighted by Gasteiger charge is -2.18. The van der Waals surface area contributed by atoms with Gasteiger partial charge in [0.15, 0.2) is 0 Å². The Morgan fingerprint density at radius 3 is 2.50 bits per heavy atom. The minimum atomic E-state index is -0.921. The van der Waals surface area contributed by atoms with Crippen LogP contribution in [0.3, 0.4) is 0 Å². The van der Waals surface area contributed by atoms with Crippen molar-refractivity contribution in [1.29, 1.82) is 0 Å². The van der Waals surface area contributed by atoms with E-state index >= 15 is 0 Å². The molecule has 92 valence electrons. The van der Waals surface area contributed by atoms with E-state index in [0.29, 0.717) is 0 Å². The molecule has 3 rings (SSSR count). The van der Waals surface area contributed by atoms with Crippen molar-refractivity contribution in [1.82, 2.24) is 4.98 Å². The summed E-state index contributed by atoms with van der Waals surface area (Å²) in [6.45, 7) is 3.51. The first-order chi connectivity index (χ1) is 8.48. The third-order valence-corrected chi connectivity index (χ3v) is 3.30. The maximum Gasteiger partial charge on any atom is 0.125 e. The van der Waals surface area contributed by atoms with E-state index < -0.39 is 5.60 Å². The lowest BCUT2D eigenvalue weighted by atomic mass is 9.96. The molecule has 3 nitrogen and oxygen atoms in total. The summed E-state index contributed by atoms with van der Waals surface area (Å²) in [5.41, 5.74) is 1.66. The first-order valence-corrected chi connectivity index (χ1v) is 5.94. The van der Waals surface area contributed by atoms with Crippen LogP contribution in [0, 0.1) is 0 Å². The van der Waals surface area contributed by atoms with Gasteiger partial charge in [-0.15, -0.1) is 0 Å². The van der Waals surface area contributed by atoms with Gasteiger partial charge in [0.25, 0.3) is 0 Å². The third kappa shape index (κ3) is 1.48. The minimum Gasteiger partial charge on any atom is -0.507 e. The van der Waals surface area contributed by atoms with Crippen LogP contribution in [0.25, 0.3) is 21.8 Å². The van der Waals surface area contributed by atoms with Gasteiger partial charge in [0.05, 0.1) is 16.6 Å². The highest BCUT2D eigenvalue weighted by atomic mass is 16.3. The number of nitrogens with one attached hydrogen (secondary N) is 1. The van der Waals surface area contributed by atoms with Gasteiger partial charge in [-0.2, -0.15) is 0 Å². The second-order valence-corrected chi connectivity index (χ2v) is 5.11. The summed E-state index contributed by atoms with van der Waals surface area (Å²) in [6, 6.07) is 11.1. The van der Waals surface area contributed by atoms with Crippen LogP contribution in [-0.4, -0.2) is 15.2 Å². The molecule has 0 aliphatic carbocycles. The van der Waals surface area contributed by atoms with Crippen LogP contribution in [0.4, 0.5) is 0 Å². The summed E-state index contributed by atoms with van der Waals surface area (Å²) in [5, 5.41) is 21.9. The number of phenols is 1. The van der Waals surface area contributed by atoms with E-state index in [9.17, 15) is 10.2 Å². The first kappa shape index (κ1) is 11.1. The van der Waals surface area contributed by atoms with Crippen LogP contribution in [0.2, 0.25) is 0 Å². The van der Waals surface area contributed by atoms with Crippen molar-refractivity contribution >= 4 is 21.8 Å². The van der Waals surface area contributed by atoms with Gasteiger partial charge in [-0.25, -0.2) is 0 Å². The standard InChI is InChI=1S/C15H15NO2/c1-15(2,18)10-6-3-5-9-13-11(16-14(9)10)7-4-8-12(13)17/h3-8,16-18H,1-2H3. The Kier molecular flexibility index (Phi) is 2.16. The summed E-state index contributed by atoms with van der Waals surface area (Å²) >= 11 is 0. The summed E-state index contributed by atoms with van der Waals surface area (Å²) < 4.78 is 0. The molecule has 0 aliphatic heterocycles. The Labute approximate surface area is 105 Å². The normalized spacial score (nSPS) is 12.4. The highest BCUT2D eigenvalue weighted by Crippen LogP contribution is 2.36. The van der Waals surface area contributed by atoms with Gasteiger partial charge < -0.3 is 15.2 Å². The van der Waals surface area contributed by atoms with Crippen molar-refractivity contribution in [3.05, 3.63) is 42.0 Å². The summed E-state index contributed by atoms with van der Waals surface area (Å²) in [5.74, 6) is 0.256. The molecule has 18 heavy (non-hydrogen) atoms. The quantitative estimate of drug-likeness (QED) is 0.612. The van der Waals surface area contributed by atoms with Gasteiger partial charge in [0.2, 0.25) is 0 Å². The molecule has 3 N–H and O–H groups in total. The maximum atomic E-state index is 10.2. The number of benzene rings is 2. The van der Waals surface area contributed by atoms with E-state index in [1.165, 1.54) is 0 Å².